The van der Waals surface area contributed by atoms with Gasteiger partial charge in [-0.2, -0.15) is 0 Å². The smallest absolute Gasteiger partial charge is 0.373 e. The molecule has 1 aliphatic heterocycles. The molecule has 0 N–H and O–H groups in total. The monoisotopic (exact) mass is 437 g/mol. The number of carbonyl (C=O) groups excluding carboxylic acids is 3. The maximum absolute atomic E-state index is 12.9. The molecule has 0 bridgehead atoms. The molecular weight excluding hydrogens is 418 g/mol. The van der Waals surface area contributed by atoms with Crippen molar-refractivity contribution < 1.29 is 23.5 Å². The van der Waals surface area contributed by atoms with Crippen molar-refractivity contribution in [3.05, 3.63) is 76.0 Å². The zero-order valence-electron chi connectivity index (χ0n) is 17.1. The van der Waals surface area contributed by atoms with Gasteiger partial charge in [0.25, 0.3) is 11.1 Å². The van der Waals surface area contributed by atoms with Crippen LogP contribution in [-0.4, -0.2) is 38.7 Å². The van der Waals surface area contributed by atoms with Crippen molar-refractivity contribution in [2.45, 2.75) is 20.4 Å². The molecule has 158 valence electrons. The van der Waals surface area contributed by atoms with Gasteiger partial charge < -0.3 is 13.7 Å². The number of amides is 2. The molecule has 4 heterocycles. The minimum Gasteiger partial charge on any atom is -0.463 e. The highest BCUT2D eigenvalue weighted by atomic mass is 32.2. The first-order valence-corrected chi connectivity index (χ1v) is 10.2. The Morgan fingerprint density at radius 3 is 2.74 bits per heavy atom. The number of nitrogens with zero attached hydrogens (tertiary/aromatic N) is 3. The fraction of sp³-hybridized carbons (Fsp3) is 0.182. The van der Waals surface area contributed by atoms with E-state index >= 15 is 0 Å². The van der Waals surface area contributed by atoms with E-state index in [1.807, 2.05) is 42.7 Å². The number of furan rings is 1. The van der Waals surface area contributed by atoms with Gasteiger partial charge in [0, 0.05) is 17.6 Å². The molecule has 3 aromatic rings. The summed E-state index contributed by atoms with van der Waals surface area (Å²) in [4.78, 5) is 42.6. The molecule has 9 heteroatoms. The standard InChI is InChI=1S/C22H19N3O5S/c1-13-10-15(14(2)25(13)19-6-4-5-9-23-19)11-18-20(26)24(22(28)31-18)12-16-7-8-17(30-16)21(27)29-3/h4-11H,12H2,1-3H3/b18-11+. The Bertz CT molecular complexity index is 1210. The van der Waals surface area contributed by atoms with Crippen molar-refractivity contribution in [2.24, 2.45) is 0 Å². The Labute approximate surface area is 182 Å². The second-order valence-corrected chi connectivity index (χ2v) is 7.87. The lowest BCUT2D eigenvalue weighted by atomic mass is 10.2. The number of pyridine rings is 1. The molecule has 1 aliphatic rings. The first kappa shape index (κ1) is 20.7. The summed E-state index contributed by atoms with van der Waals surface area (Å²) >= 11 is 0.873. The quantitative estimate of drug-likeness (QED) is 0.438. The van der Waals surface area contributed by atoms with Crippen LogP contribution in [0.1, 0.15) is 33.3 Å². The average molecular weight is 437 g/mol. The highest BCUT2D eigenvalue weighted by molar-refractivity contribution is 8.18. The molecule has 0 aromatic carbocycles. The number of hydrogen-bond donors (Lipinski definition) is 0. The molecule has 8 nitrogen and oxygen atoms in total. The average Bonchev–Trinajstić information content (AvgIpc) is 3.42. The molecule has 1 saturated heterocycles. The van der Waals surface area contributed by atoms with E-state index in [9.17, 15) is 14.4 Å². The lowest BCUT2D eigenvalue weighted by Gasteiger charge is -2.10. The summed E-state index contributed by atoms with van der Waals surface area (Å²) in [5.74, 6) is 0.0842. The van der Waals surface area contributed by atoms with E-state index in [4.69, 9.17) is 4.42 Å². The Morgan fingerprint density at radius 1 is 1.23 bits per heavy atom. The van der Waals surface area contributed by atoms with Gasteiger partial charge in [0.1, 0.15) is 11.6 Å². The second kappa shape index (κ2) is 8.27. The molecule has 0 atom stereocenters. The second-order valence-electron chi connectivity index (χ2n) is 6.88. The largest absolute Gasteiger partial charge is 0.463 e. The molecule has 31 heavy (non-hydrogen) atoms. The lowest BCUT2D eigenvalue weighted by Crippen LogP contribution is -2.27. The van der Waals surface area contributed by atoms with E-state index in [0.29, 0.717) is 10.7 Å². The maximum atomic E-state index is 12.9. The first-order chi connectivity index (χ1) is 14.9. The third-order valence-corrected chi connectivity index (χ3v) is 5.78. The van der Waals surface area contributed by atoms with Crippen LogP contribution in [0.5, 0.6) is 0 Å². The number of methoxy groups -OCH3 is 1. The van der Waals surface area contributed by atoms with Gasteiger partial charge in [-0.25, -0.2) is 9.78 Å². The number of hydrogen-bond acceptors (Lipinski definition) is 7. The highest BCUT2D eigenvalue weighted by Gasteiger charge is 2.36. The van der Waals surface area contributed by atoms with Gasteiger partial charge in [0.15, 0.2) is 0 Å². The fourth-order valence-corrected chi connectivity index (χ4v) is 4.21. The van der Waals surface area contributed by atoms with E-state index in [1.54, 1.807) is 18.3 Å². The number of carbonyl (C=O) groups is 3. The van der Waals surface area contributed by atoms with Crippen LogP contribution in [0.25, 0.3) is 11.9 Å². The molecule has 2 amide bonds. The Kier molecular flexibility index (Phi) is 5.51. The van der Waals surface area contributed by atoms with Crippen LogP contribution in [0, 0.1) is 13.8 Å². The molecule has 1 fully saturated rings. The molecule has 0 radical (unpaired) electrons. The number of esters is 1. The third kappa shape index (κ3) is 3.91. The lowest BCUT2D eigenvalue weighted by molar-refractivity contribution is -0.123. The third-order valence-electron chi connectivity index (χ3n) is 4.87. The minimum atomic E-state index is -0.622. The summed E-state index contributed by atoms with van der Waals surface area (Å²) in [6.45, 7) is 3.83. The van der Waals surface area contributed by atoms with Crippen LogP contribution in [0.4, 0.5) is 4.79 Å². The number of aromatic nitrogens is 2. The summed E-state index contributed by atoms with van der Waals surface area (Å²) < 4.78 is 12.0. The van der Waals surface area contributed by atoms with Gasteiger partial charge in [0.05, 0.1) is 18.6 Å². The summed E-state index contributed by atoms with van der Waals surface area (Å²) in [7, 11) is 1.25. The Morgan fingerprint density at radius 2 is 2.03 bits per heavy atom. The highest BCUT2D eigenvalue weighted by Crippen LogP contribution is 2.34. The van der Waals surface area contributed by atoms with Crippen molar-refractivity contribution in [1.82, 2.24) is 14.5 Å². The zero-order chi connectivity index (χ0) is 22.1. The van der Waals surface area contributed by atoms with Gasteiger partial charge in [-0.05, 0) is 67.6 Å². The summed E-state index contributed by atoms with van der Waals surface area (Å²) in [5, 5.41) is -0.397. The zero-order valence-corrected chi connectivity index (χ0v) is 17.9. The number of ether oxygens (including phenoxy) is 1. The number of rotatable bonds is 5. The molecule has 3 aromatic heterocycles. The van der Waals surface area contributed by atoms with Crippen LogP contribution in [0.2, 0.25) is 0 Å². The molecule has 0 unspecified atom stereocenters. The normalized spacial score (nSPS) is 15.2. The Hall–Kier alpha value is -3.59. The van der Waals surface area contributed by atoms with E-state index < -0.39 is 17.1 Å². The molecular formula is C22H19N3O5S. The van der Waals surface area contributed by atoms with Crippen molar-refractivity contribution in [3.63, 3.8) is 0 Å². The predicted molar refractivity (Wildman–Crippen MR) is 115 cm³/mol. The molecule has 0 saturated carbocycles. The van der Waals surface area contributed by atoms with E-state index in [-0.39, 0.29) is 12.3 Å². The van der Waals surface area contributed by atoms with Gasteiger partial charge in [0.2, 0.25) is 5.76 Å². The summed E-state index contributed by atoms with van der Waals surface area (Å²) in [5.41, 5.74) is 2.71. The van der Waals surface area contributed by atoms with E-state index in [0.717, 1.165) is 39.4 Å². The van der Waals surface area contributed by atoms with Crippen molar-refractivity contribution in [3.8, 4) is 5.82 Å². The van der Waals surface area contributed by atoms with Gasteiger partial charge in [-0.3, -0.25) is 14.5 Å². The van der Waals surface area contributed by atoms with Crippen LogP contribution >= 0.6 is 11.8 Å². The minimum absolute atomic E-state index is 0.0157. The van der Waals surface area contributed by atoms with Crippen LogP contribution < -0.4 is 0 Å². The number of thioether (sulfide) groups is 1. The van der Waals surface area contributed by atoms with Gasteiger partial charge in [-0.15, -0.1) is 0 Å². The van der Waals surface area contributed by atoms with Crippen molar-refractivity contribution >= 4 is 35.0 Å². The van der Waals surface area contributed by atoms with E-state index in [2.05, 4.69) is 9.72 Å². The van der Waals surface area contributed by atoms with Crippen LogP contribution in [-0.2, 0) is 16.1 Å². The van der Waals surface area contributed by atoms with Gasteiger partial charge >= 0.3 is 5.97 Å². The van der Waals surface area contributed by atoms with Gasteiger partial charge in [-0.1, -0.05) is 6.07 Å². The molecule has 0 aliphatic carbocycles. The van der Waals surface area contributed by atoms with Crippen molar-refractivity contribution in [2.75, 3.05) is 7.11 Å². The van der Waals surface area contributed by atoms with Crippen LogP contribution in [0.15, 0.2) is 51.9 Å². The fourth-order valence-electron chi connectivity index (χ4n) is 3.38. The Balaban J connectivity index is 1.58. The maximum Gasteiger partial charge on any atom is 0.373 e. The molecule has 4 rings (SSSR count). The number of aryl methyl sites for hydroxylation is 1. The first-order valence-electron chi connectivity index (χ1n) is 9.41. The topological polar surface area (TPSA) is 94.6 Å². The predicted octanol–water partition coefficient (Wildman–Crippen LogP) is 4.11. The molecule has 0 spiro atoms. The number of imide groups is 1. The summed E-state index contributed by atoms with van der Waals surface area (Å²) in [6, 6.07) is 10.6. The van der Waals surface area contributed by atoms with Crippen LogP contribution in [0.3, 0.4) is 0 Å². The summed E-state index contributed by atoms with van der Waals surface area (Å²) in [6.07, 6.45) is 3.44. The van der Waals surface area contributed by atoms with Crippen molar-refractivity contribution in [1.29, 1.82) is 0 Å². The van der Waals surface area contributed by atoms with E-state index in [1.165, 1.54) is 13.2 Å². The SMILES string of the molecule is COC(=O)c1ccc(CN2C(=O)S/C(=C/c3cc(C)n(-c4ccccn4)c3C)C2=O)o1.